The molecule has 2 aromatic carbocycles. The van der Waals surface area contributed by atoms with E-state index in [0.717, 1.165) is 40.6 Å². The van der Waals surface area contributed by atoms with Gasteiger partial charge in [0, 0.05) is 28.7 Å². The average molecular weight is 306 g/mol. The van der Waals surface area contributed by atoms with E-state index >= 15 is 0 Å². The number of rotatable bonds is 3. The van der Waals surface area contributed by atoms with Crippen LogP contribution in [0.3, 0.4) is 0 Å². The Labute approximate surface area is 134 Å². The van der Waals surface area contributed by atoms with Crippen LogP contribution in [-0.4, -0.2) is 9.91 Å². The molecule has 0 fully saturated rings. The highest BCUT2D eigenvalue weighted by Gasteiger charge is 2.49. The molecule has 1 heterocycles. The molecule has 1 atom stereocenters. The van der Waals surface area contributed by atoms with E-state index in [2.05, 4.69) is 11.1 Å². The zero-order chi connectivity index (χ0) is 15.9. The van der Waals surface area contributed by atoms with Crippen LogP contribution >= 0.6 is 0 Å². The summed E-state index contributed by atoms with van der Waals surface area (Å²) < 4.78 is 0. The summed E-state index contributed by atoms with van der Waals surface area (Å²) in [7, 11) is 0. The smallest absolute Gasteiger partial charge is 0.265 e. The molecule has 1 aliphatic carbocycles. The molecule has 1 aromatic heterocycles. The third-order valence-electron chi connectivity index (χ3n) is 4.99. The molecular weight excluding hydrogens is 288 g/mol. The second kappa shape index (κ2) is 5.23. The second-order valence-electron chi connectivity index (χ2n) is 6.33. The summed E-state index contributed by atoms with van der Waals surface area (Å²) in [6.45, 7) is 0. The van der Waals surface area contributed by atoms with Crippen LogP contribution in [0.15, 0.2) is 54.6 Å². The first-order valence-corrected chi connectivity index (χ1v) is 7.99. The van der Waals surface area contributed by atoms with E-state index in [0.29, 0.717) is 12.8 Å². The quantitative estimate of drug-likeness (QED) is 0.582. The van der Waals surface area contributed by atoms with Crippen LogP contribution < -0.4 is 0 Å². The van der Waals surface area contributed by atoms with Crippen molar-refractivity contribution < 1.29 is 4.92 Å². The number of benzene rings is 2. The summed E-state index contributed by atoms with van der Waals surface area (Å²) >= 11 is 0. The molecule has 4 nitrogen and oxygen atoms in total. The highest BCUT2D eigenvalue weighted by Crippen LogP contribution is 2.42. The second-order valence-corrected chi connectivity index (χ2v) is 6.33. The van der Waals surface area contributed by atoms with Crippen LogP contribution in [0.1, 0.15) is 29.7 Å². The normalized spacial score (nSPS) is 20.3. The van der Waals surface area contributed by atoms with Crippen molar-refractivity contribution in [2.75, 3.05) is 0 Å². The fourth-order valence-corrected chi connectivity index (χ4v) is 3.90. The van der Waals surface area contributed by atoms with Gasteiger partial charge in [0.05, 0.1) is 5.69 Å². The van der Waals surface area contributed by atoms with Crippen molar-refractivity contribution in [3.8, 4) is 0 Å². The first-order valence-electron chi connectivity index (χ1n) is 7.99. The van der Waals surface area contributed by atoms with Crippen molar-refractivity contribution >= 4 is 10.9 Å². The van der Waals surface area contributed by atoms with E-state index in [9.17, 15) is 10.1 Å². The number of hydrogen-bond acceptors (Lipinski definition) is 2. The number of nitrogens with zero attached hydrogens (tertiary/aromatic N) is 1. The van der Waals surface area contributed by atoms with Gasteiger partial charge in [-0.1, -0.05) is 48.5 Å². The number of H-pyrrole nitrogens is 1. The summed E-state index contributed by atoms with van der Waals surface area (Å²) in [6.07, 6.45) is 2.77. The lowest BCUT2D eigenvalue weighted by Gasteiger charge is -2.29. The Kier molecular flexibility index (Phi) is 3.18. The molecule has 4 rings (SSSR count). The number of para-hydroxylation sites is 1. The van der Waals surface area contributed by atoms with Crippen molar-refractivity contribution in [1.29, 1.82) is 0 Å². The molecule has 3 aromatic rings. The van der Waals surface area contributed by atoms with Gasteiger partial charge in [-0.05, 0) is 30.0 Å². The molecular formula is C19H18N2O2. The molecule has 1 unspecified atom stereocenters. The molecule has 0 spiro atoms. The van der Waals surface area contributed by atoms with Gasteiger partial charge in [0.1, 0.15) is 0 Å². The predicted octanol–water partition coefficient (Wildman–Crippen LogP) is 4.22. The molecule has 0 radical (unpaired) electrons. The van der Waals surface area contributed by atoms with Gasteiger partial charge in [-0.15, -0.1) is 0 Å². The number of aromatic amines is 1. The Hall–Kier alpha value is -2.62. The van der Waals surface area contributed by atoms with E-state index in [1.807, 2.05) is 48.5 Å². The molecule has 23 heavy (non-hydrogen) atoms. The Balaban J connectivity index is 1.90. The minimum absolute atomic E-state index is 0.0760. The maximum atomic E-state index is 12.1. The molecule has 1 N–H and O–H groups in total. The summed E-state index contributed by atoms with van der Waals surface area (Å²) in [4.78, 5) is 15.4. The Morgan fingerprint density at radius 3 is 2.61 bits per heavy atom. The average Bonchev–Trinajstić information content (AvgIpc) is 2.96. The van der Waals surface area contributed by atoms with E-state index in [4.69, 9.17) is 0 Å². The minimum atomic E-state index is -1.05. The van der Waals surface area contributed by atoms with Crippen molar-refractivity contribution in [1.82, 2.24) is 4.98 Å². The lowest BCUT2D eigenvalue weighted by Crippen LogP contribution is -2.41. The topological polar surface area (TPSA) is 58.9 Å². The van der Waals surface area contributed by atoms with E-state index in [1.165, 1.54) is 0 Å². The highest BCUT2D eigenvalue weighted by molar-refractivity contribution is 5.85. The third-order valence-corrected chi connectivity index (χ3v) is 4.99. The number of fused-ring (bicyclic) bond motifs is 3. The SMILES string of the molecule is O=[N+]([O-])C1(Cc2ccccc2)CCCc2c1[nH]c1ccccc21. The molecule has 116 valence electrons. The van der Waals surface area contributed by atoms with Crippen molar-refractivity contribution in [2.45, 2.75) is 31.2 Å². The molecule has 0 bridgehead atoms. The summed E-state index contributed by atoms with van der Waals surface area (Å²) in [5.41, 5.74) is 2.89. The van der Waals surface area contributed by atoms with Crippen LogP contribution in [0.4, 0.5) is 0 Å². The zero-order valence-electron chi connectivity index (χ0n) is 12.8. The van der Waals surface area contributed by atoms with Gasteiger partial charge in [0.2, 0.25) is 0 Å². The number of nitro groups is 1. The standard InChI is InChI=1S/C19H18N2O2/c22-21(23)19(13-14-7-2-1-3-8-14)12-6-10-16-15-9-4-5-11-17(15)20-18(16)19/h1-5,7-9,11,20H,6,10,12-13H2. The molecule has 1 aliphatic rings. The Bertz CT molecular complexity index is 869. The number of hydrogen-bond donors (Lipinski definition) is 1. The first-order chi connectivity index (χ1) is 11.2. The molecule has 0 saturated heterocycles. The fraction of sp³-hybridized carbons (Fsp3) is 0.263. The minimum Gasteiger partial charge on any atom is -0.352 e. The molecule has 0 saturated carbocycles. The number of aromatic nitrogens is 1. The molecule has 0 aliphatic heterocycles. The Morgan fingerprint density at radius 2 is 1.83 bits per heavy atom. The van der Waals surface area contributed by atoms with Gasteiger partial charge in [-0.3, -0.25) is 10.1 Å². The first kappa shape index (κ1) is 14.0. The van der Waals surface area contributed by atoms with Crippen molar-refractivity contribution in [2.24, 2.45) is 0 Å². The van der Waals surface area contributed by atoms with Gasteiger partial charge < -0.3 is 4.98 Å². The summed E-state index contributed by atoms with van der Waals surface area (Å²) in [5, 5.41) is 13.2. The fourth-order valence-electron chi connectivity index (χ4n) is 3.90. The van der Waals surface area contributed by atoms with Gasteiger partial charge in [0.15, 0.2) is 0 Å². The van der Waals surface area contributed by atoms with Gasteiger partial charge in [-0.2, -0.15) is 0 Å². The van der Waals surface area contributed by atoms with Crippen molar-refractivity contribution in [3.05, 3.63) is 81.5 Å². The van der Waals surface area contributed by atoms with E-state index < -0.39 is 5.54 Å². The van der Waals surface area contributed by atoms with Gasteiger partial charge in [0.25, 0.3) is 5.54 Å². The lowest BCUT2D eigenvalue weighted by atomic mass is 9.77. The molecule has 4 heteroatoms. The molecule has 0 amide bonds. The van der Waals surface area contributed by atoms with Crippen LogP contribution in [0, 0.1) is 10.1 Å². The van der Waals surface area contributed by atoms with Crippen molar-refractivity contribution in [3.63, 3.8) is 0 Å². The van der Waals surface area contributed by atoms with Crippen LogP contribution in [-0.2, 0) is 18.4 Å². The number of nitrogens with one attached hydrogen (secondary N) is 1. The van der Waals surface area contributed by atoms with E-state index in [1.54, 1.807) is 0 Å². The van der Waals surface area contributed by atoms with Crippen LogP contribution in [0.5, 0.6) is 0 Å². The Morgan fingerprint density at radius 1 is 1.09 bits per heavy atom. The third kappa shape index (κ3) is 2.13. The maximum Gasteiger partial charge on any atom is 0.265 e. The van der Waals surface area contributed by atoms with E-state index in [-0.39, 0.29) is 4.92 Å². The van der Waals surface area contributed by atoms with Crippen LogP contribution in [0.2, 0.25) is 0 Å². The largest absolute Gasteiger partial charge is 0.352 e. The summed E-state index contributed by atoms with van der Waals surface area (Å²) in [5.74, 6) is 0. The van der Waals surface area contributed by atoms with Gasteiger partial charge >= 0.3 is 0 Å². The van der Waals surface area contributed by atoms with Gasteiger partial charge in [-0.25, -0.2) is 0 Å². The highest BCUT2D eigenvalue weighted by atomic mass is 16.6. The predicted molar refractivity (Wildman–Crippen MR) is 90.1 cm³/mol. The maximum absolute atomic E-state index is 12.1. The lowest BCUT2D eigenvalue weighted by molar-refractivity contribution is -0.582. The van der Waals surface area contributed by atoms with Crippen LogP contribution in [0.25, 0.3) is 10.9 Å². The monoisotopic (exact) mass is 306 g/mol. The number of aryl methyl sites for hydroxylation is 1. The zero-order valence-corrected chi connectivity index (χ0v) is 12.8. The summed E-state index contributed by atoms with van der Waals surface area (Å²) in [6, 6.07) is 17.8.